The number of aryl methyl sites for hydroxylation is 1. The molecule has 10 nitrogen and oxygen atoms in total. The SMILES string of the molecule is Cc1nn(-c2ccnc(Nc3ccc4c(c3)CCN4S(C)(=O)=O)n2)cc1CN1CC(O)C1. The molecule has 1 saturated heterocycles. The summed E-state index contributed by atoms with van der Waals surface area (Å²) < 4.78 is 27.0. The fraction of sp³-hybridized carbons (Fsp3) is 0.381. The van der Waals surface area contributed by atoms with Crippen LogP contribution in [0.5, 0.6) is 0 Å². The number of fused-ring (bicyclic) bond motifs is 1. The second kappa shape index (κ2) is 7.84. The average molecular weight is 456 g/mol. The van der Waals surface area contributed by atoms with Crippen molar-refractivity contribution in [3.05, 3.63) is 53.5 Å². The lowest BCUT2D eigenvalue weighted by Gasteiger charge is -2.35. The first-order valence-corrected chi connectivity index (χ1v) is 12.3. The van der Waals surface area contributed by atoms with Crippen molar-refractivity contribution in [1.29, 1.82) is 0 Å². The first-order chi connectivity index (χ1) is 15.3. The van der Waals surface area contributed by atoms with Crippen molar-refractivity contribution in [3.63, 3.8) is 0 Å². The molecule has 0 unspecified atom stereocenters. The van der Waals surface area contributed by atoms with Gasteiger partial charge in [0.1, 0.15) is 0 Å². The Labute approximate surface area is 186 Å². The van der Waals surface area contributed by atoms with Crippen LogP contribution < -0.4 is 9.62 Å². The number of aliphatic hydroxyl groups is 1. The van der Waals surface area contributed by atoms with Crippen molar-refractivity contribution in [2.24, 2.45) is 0 Å². The smallest absolute Gasteiger partial charge is 0.232 e. The Morgan fingerprint density at radius 1 is 1.25 bits per heavy atom. The van der Waals surface area contributed by atoms with Crippen LogP contribution in [0.4, 0.5) is 17.3 Å². The highest BCUT2D eigenvalue weighted by molar-refractivity contribution is 7.92. The van der Waals surface area contributed by atoms with Gasteiger partial charge in [-0.25, -0.2) is 18.1 Å². The predicted molar refractivity (Wildman–Crippen MR) is 121 cm³/mol. The van der Waals surface area contributed by atoms with E-state index in [1.807, 2.05) is 31.3 Å². The van der Waals surface area contributed by atoms with Crippen LogP contribution in [-0.2, 0) is 23.0 Å². The predicted octanol–water partition coefficient (Wildman–Crippen LogP) is 1.21. The van der Waals surface area contributed by atoms with Gasteiger partial charge in [-0.1, -0.05) is 0 Å². The van der Waals surface area contributed by atoms with Crippen molar-refractivity contribution >= 4 is 27.3 Å². The van der Waals surface area contributed by atoms with E-state index in [1.165, 1.54) is 10.6 Å². The molecule has 3 aromatic rings. The highest BCUT2D eigenvalue weighted by Crippen LogP contribution is 2.32. The first-order valence-electron chi connectivity index (χ1n) is 10.4. The fourth-order valence-corrected chi connectivity index (χ4v) is 5.10. The van der Waals surface area contributed by atoms with Gasteiger partial charge in [0.05, 0.1) is 23.7 Å². The largest absolute Gasteiger partial charge is 0.390 e. The van der Waals surface area contributed by atoms with Gasteiger partial charge in [-0.05, 0) is 37.1 Å². The van der Waals surface area contributed by atoms with E-state index >= 15 is 0 Å². The van der Waals surface area contributed by atoms with Gasteiger partial charge in [0.15, 0.2) is 5.82 Å². The molecule has 0 spiro atoms. The molecule has 2 N–H and O–H groups in total. The number of aromatic nitrogens is 4. The number of rotatable bonds is 6. The first kappa shape index (κ1) is 20.9. The summed E-state index contributed by atoms with van der Waals surface area (Å²) >= 11 is 0. The zero-order valence-electron chi connectivity index (χ0n) is 17.9. The summed E-state index contributed by atoms with van der Waals surface area (Å²) in [6.45, 7) is 4.55. The summed E-state index contributed by atoms with van der Waals surface area (Å²) in [5.41, 5.74) is 4.51. The van der Waals surface area contributed by atoms with Crippen LogP contribution in [0.2, 0.25) is 0 Å². The van der Waals surface area contributed by atoms with Crippen molar-refractivity contribution in [3.8, 4) is 5.82 Å². The molecule has 11 heteroatoms. The number of anilines is 3. The summed E-state index contributed by atoms with van der Waals surface area (Å²) in [6, 6.07) is 7.37. The quantitative estimate of drug-likeness (QED) is 0.570. The van der Waals surface area contributed by atoms with Crippen LogP contribution in [0, 0.1) is 6.92 Å². The zero-order valence-corrected chi connectivity index (χ0v) is 18.7. The van der Waals surface area contributed by atoms with Gasteiger partial charge in [0.25, 0.3) is 0 Å². The maximum atomic E-state index is 11.9. The Bertz CT molecular complexity index is 1270. The molecule has 0 saturated carbocycles. The Morgan fingerprint density at radius 3 is 2.81 bits per heavy atom. The number of nitrogens with one attached hydrogen (secondary N) is 1. The number of benzene rings is 1. The van der Waals surface area contributed by atoms with E-state index in [0.29, 0.717) is 37.8 Å². The van der Waals surface area contributed by atoms with E-state index in [0.717, 1.165) is 34.7 Å². The number of hydrogen-bond donors (Lipinski definition) is 2. The molecule has 0 aliphatic carbocycles. The number of hydrogen-bond acceptors (Lipinski definition) is 8. The van der Waals surface area contributed by atoms with E-state index in [-0.39, 0.29) is 6.10 Å². The molecule has 4 heterocycles. The van der Waals surface area contributed by atoms with Crippen LogP contribution in [0.3, 0.4) is 0 Å². The molecule has 2 aliphatic heterocycles. The van der Waals surface area contributed by atoms with Gasteiger partial charge in [0, 0.05) is 55.9 Å². The van der Waals surface area contributed by atoms with Gasteiger partial charge in [-0.15, -0.1) is 0 Å². The summed E-state index contributed by atoms with van der Waals surface area (Å²) in [5.74, 6) is 1.07. The van der Waals surface area contributed by atoms with Crippen molar-refractivity contribution < 1.29 is 13.5 Å². The molecule has 0 atom stereocenters. The Morgan fingerprint density at radius 2 is 2.06 bits per heavy atom. The number of β-amino-alcohol motifs (C(OH)–C–C–N with tert-alkyl or cyclic N) is 1. The maximum absolute atomic E-state index is 11.9. The van der Waals surface area contributed by atoms with E-state index in [1.54, 1.807) is 16.9 Å². The molecule has 168 valence electrons. The minimum Gasteiger partial charge on any atom is -0.390 e. The topological polar surface area (TPSA) is 116 Å². The molecule has 0 bridgehead atoms. The van der Waals surface area contributed by atoms with E-state index in [4.69, 9.17) is 0 Å². The van der Waals surface area contributed by atoms with Crippen LogP contribution >= 0.6 is 0 Å². The standard InChI is InChI=1S/C21H25N7O3S/c1-14-16(10-26-12-18(29)13-26)11-27(25-14)20-5-7-22-21(24-20)23-17-3-4-19-15(9-17)6-8-28(19)32(2,30)31/h3-5,7,9,11,18,29H,6,8,10,12-13H2,1-2H3,(H,22,23,24). The van der Waals surface area contributed by atoms with Crippen LogP contribution in [0.15, 0.2) is 36.7 Å². The minimum absolute atomic E-state index is 0.227. The molecule has 2 aliphatic rings. The van der Waals surface area contributed by atoms with Gasteiger partial charge in [-0.2, -0.15) is 10.1 Å². The van der Waals surface area contributed by atoms with Gasteiger partial charge in [0.2, 0.25) is 16.0 Å². The molecule has 5 rings (SSSR count). The highest BCUT2D eigenvalue weighted by Gasteiger charge is 2.27. The van der Waals surface area contributed by atoms with Crippen LogP contribution in [0.1, 0.15) is 16.8 Å². The van der Waals surface area contributed by atoms with Gasteiger partial charge < -0.3 is 10.4 Å². The zero-order chi connectivity index (χ0) is 22.5. The van der Waals surface area contributed by atoms with E-state index in [2.05, 4.69) is 25.3 Å². The van der Waals surface area contributed by atoms with Crippen molar-refractivity contribution in [2.45, 2.75) is 26.0 Å². The molecule has 0 radical (unpaired) electrons. The number of sulfonamides is 1. The lowest BCUT2D eigenvalue weighted by atomic mass is 10.1. The highest BCUT2D eigenvalue weighted by atomic mass is 32.2. The number of nitrogens with zero attached hydrogens (tertiary/aromatic N) is 6. The summed E-state index contributed by atoms with van der Waals surface area (Å²) in [5, 5.41) is 17.3. The average Bonchev–Trinajstić information content (AvgIpc) is 3.30. The number of aliphatic hydroxyl groups excluding tert-OH is 1. The summed E-state index contributed by atoms with van der Waals surface area (Å²) in [4.78, 5) is 11.1. The third kappa shape index (κ3) is 4.06. The third-order valence-corrected chi connectivity index (χ3v) is 6.98. The monoisotopic (exact) mass is 455 g/mol. The maximum Gasteiger partial charge on any atom is 0.232 e. The molecule has 0 amide bonds. The van der Waals surface area contributed by atoms with E-state index in [9.17, 15) is 13.5 Å². The molecule has 1 aromatic carbocycles. The molecular weight excluding hydrogens is 430 g/mol. The Hall–Kier alpha value is -3.02. The third-order valence-electron chi connectivity index (χ3n) is 5.80. The van der Waals surface area contributed by atoms with Gasteiger partial charge >= 0.3 is 0 Å². The Balaban J connectivity index is 1.33. The van der Waals surface area contributed by atoms with Crippen molar-refractivity contribution in [1.82, 2.24) is 24.6 Å². The number of likely N-dealkylation sites (tertiary alicyclic amines) is 1. The van der Waals surface area contributed by atoms with Crippen LogP contribution in [-0.4, -0.2) is 70.2 Å². The second-order valence-electron chi connectivity index (χ2n) is 8.32. The van der Waals surface area contributed by atoms with E-state index < -0.39 is 10.0 Å². The molecule has 2 aromatic heterocycles. The summed E-state index contributed by atoms with van der Waals surface area (Å²) in [7, 11) is -3.27. The van der Waals surface area contributed by atoms with Crippen LogP contribution in [0.25, 0.3) is 5.82 Å². The lowest BCUT2D eigenvalue weighted by Crippen LogP contribution is -2.49. The molecule has 32 heavy (non-hydrogen) atoms. The van der Waals surface area contributed by atoms with Crippen molar-refractivity contribution in [2.75, 3.05) is 35.5 Å². The molecule has 1 fully saturated rings. The minimum atomic E-state index is -3.27. The second-order valence-corrected chi connectivity index (χ2v) is 10.2. The lowest BCUT2D eigenvalue weighted by molar-refractivity contribution is -0.00297. The fourth-order valence-electron chi connectivity index (χ4n) is 4.14. The summed E-state index contributed by atoms with van der Waals surface area (Å²) in [6.07, 6.45) is 5.30. The normalized spacial score (nSPS) is 16.8. The van der Waals surface area contributed by atoms with Gasteiger partial charge in [-0.3, -0.25) is 9.21 Å². The molecular formula is C21H25N7O3S. The Kier molecular flexibility index (Phi) is 5.11.